The Morgan fingerprint density at radius 2 is 2.16 bits per heavy atom. The van der Waals surface area contributed by atoms with Crippen molar-refractivity contribution >= 4 is 5.91 Å². The highest BCUT2D eigenvalue weighted by Crippen LogP contribution is 2.19. The molecule has 0 aromatic heterocycles. The Morgan fingerprint density at radius 1 is 1.47 bits per heavy atom. The first-order chi connectivity index (χ1) is 9.19. The van der Waals surface area contributed by atoms with E-state index >= 15 is 0 Å². The van der Waals surface area contributed by atoms with Gasteiger partial charge in [0.1, 0.15) is 0 Å². The largest absolute Gasteiger partial charge is 0.380 e. The van der Waals surface area contributed by atoms with E-state index in [2.05, 4.69) is 17.1 Å². The molecule has 112 valence electrons. The van der Waals surface area contributed by atoms with Gasteiger partial charge in [0.05, 0.1) is 12.5 Å². The molecule has 0 spiro atoms. The number of carbonyl (C=O) groups excluding carboxylic acids is 1. The molecule has 1 amide bonds. The van der Waals surface area contributed by atoms with Gasteiger partial charge in [0.25, 0.3) is 0 Å². The molecule has 1 rings (SSSR count). The van der Waals surface area contributed by atoms with Gasteiger partial charge in [-0.15, -0.1) is 0 Å². The molecule has 0 aliphatic carbocycles. The number of carbonyl (C=O) groups is 1. The van der Waals surface area contributed by atoms with E-state index in [0.717, 1.165) is 25.4 Å². The van der Waals surface area contributed by atoms with E-state index < -0.39 is 0 Å². The van der Waals surface area contributed by atoms with E-state index in [1.54, 1.807) is 7.11 Å². The summed E-state index contributed by atoms with van der Waals surface area (Å²) in [6.07, 6.45) is 3.80. The van der Waals surface area contributed by atoms with Gasteiger partial charge < -0.3 is 20.7 Å². The molecule has 0 radical (unpaired) electrons. The van der Waals surface area contributed by atoms with Crippen molar-refractivity contribution in [1.29, 1.82) is 0 Å². The molecule has 1 unspecified atom stereocenters. The average Bonchev–Trinajstić information content (AvgIpc) is 2.45. The molecule has 1 fully saturated rings. The molecule has 3 N–H and O–H groups in total. The maximum absolute atomic E-state index is 11.7. The number of nitrogens with two attached hydrogens (primary N) is 1. The lowest BCUT2D eigenvalue weighted by molar-refractivity contribution is -0.123. The molecule has 0 saturated carbocycles. The SMILES string of the molecule is CCN1CCC(CCNC(=O)CC(CN)OC)CC1. The van der Waals surface area contributed by atoms with Crippen molar-refractivity contribution in [3.63, 3.8) is 0 Å². The number of piperidine rings is 1. The van der Waals surface area contributed by atoms with Gasteiger partial charge in [0.2, 0.25) is 5.91 Å². The number of rotatable bonds is 8. The Balaban J connectivity index is 2.08. The van der Waals surface area contributed by atoms with Gasteiger partial charge in [-0.25, -0.2) is 0 Å². The van der Waals surface area contributed by atoms with Crippen molar-refractivity contribution in [3.05, 3.63) is 0 Å². The third-order valence-electron chi connectivity index (χ3n) is 4.04. The standard InChI is InChI=1S/C14H29N3O2/c1-3-17-8-5-12(6-9-17)4-7-16-14(18)10-13(11-15)19-2/h12-13H,3-11,15H2,1-2H3,(H,16,18). The number of ether oxygens (including phenoxy) is 1. The number of hydrogen-bond donors (Lipinski definition) is 2. The molecule has 1 aliphatic rings. The normalized spacial score (nSPS) is 19.3. The Hall–Kier alpha value is -0.650. The second kappa shape index (κ2) is 9.28. The van der Waals surface area contributed by atoms with Crippen LogP contribution >= 0.6 is 0 Å². The lowest BCUT2D eigenvalue weighted by Gasteiger charge is -2.31. The smallest absolute Gasteiger partial charge is 0.222 e. The number of nitrogens with one attached hydrogen (secondary N) is 1. The first-order valence-corrected chi connectivity index (χ1v) is 7.41. The highest BCUT2D eigenvalue weighted by atomic mass is 16.5. The summed E-state index contributed by atoms with van der Waals surface area (Å²) in [5, 5.41) is 2.97. The van der Waals surface area contributed by atoms with Crippen LogP contribution in [0.1, 0.15) is 32.6 Å². The second-order valence-corrected chi connectivity index (χ2v) is 5.31. The Kier molecular flexibility index (Phi) is 8.02. The van der Waals surface area contributed by atoms with Crippen LogP contribution in [0.25, 0.3) is 0 Å². The quantitative estimate of drug-likeness (QED) is 0.678. The second-order valence-electron chi connectivity index (χ2n) is 5.31. The summed E-state index contributed by atoms with van der Waals surface area (Å²) in [6.45, 7) is 6.93. The fourth-order valence-corrected chi connectivity index (χ4v) is 2.55. The predicted molar refractivity (Wildman–Crippen MR) is 76.9 cm³/mol. The van der Waals surface area contributed by atoms with Crippen LogP contribution in [0.2, 0.25) is 0 Å². The van der Waals surface area contributed by atoms with E-state index in [4.69, 9.17) is 10.5 Å². The monoisotopic (exact) mass is 271 g/mol. The van der Waals surface area contributed by atoms with Crippen LogP contribution < -0.4 is 11.1 Å². The van der Waals surface area contributed by atoms with E-state index in [1.807, 2.05) is 0 Å². The van der Waals surface area contributed by atoms with Crippen molar-refractivity contribution in [3.8, 4) is 0 Å². The Labute approximate surface area is 116 Å². The van der Waals surface area contributed by atoms with Crippen molar-refractivity contribution < 1.29 is 9.53 Å². The maximum Gasteiger partial charge on any atom is 0.222 e. The van der Waals surface area contributed by atoms with E-state index in [0.29, 0.717) is 13.0 Å². The van der Waals surface area contributed by atoms with E-state index in [9.17, 15) is 4.79 Å². The van der Waals surface area contributed by atoms with Crippen molar-refractivity contribution in [1.82, 2.24) is 10.2 Å². The highest BCUT2D eigenvalue weighted by Gasteiger charge is 2.18. The lowest BCUT2D eigenvalue weighted by atomic mass is 9.93. The van der Waals surface area contributed by atoms with E-state index in [1.165, 1.54) is 25.9 Å². The van der Waals surface area contributed by atoms with Crippen molar-refractivity contribution in [2.45, 2.75) is 38.7 Å². The van der Waals surface area contributed by atoms with Crippen LogP contribution in [0.5, 0.6) is 0 Å². The summed E-state index contributed by atoms with van der Waals surface area (Å²) in [5.74, 6) is 0.805. The number of methoxy groups -OCH3 is 1. The minimum Gasteiger partial charge on any atom is -0.380 e. The van der Waals surface area contributed by atoms with Crippen LogP contribution in [-0.4, -0.2) is 56.7 Å². The Morgan fingerprint density at radius 3 is 2.68 bits per heavy atom. The fraction of sp³-hybridized carbons (Fsp3) is 0.929. The molecule has 19 heavy (non-hydrogen) atoms. The van der Waals surface area contributed by atoms with Gasteiger partial charge in [-0.05, 0) is 44.8 Å². The average molecular weight is 271 g/mol. The molecule has 1 saturated heterocycles. The van der Waals surface area contributed by atoms with Gasteiger partial charge in [-0.2, -0.15) is 0 Å². The summed E-state index contributed by atoms with van der Waals surface area (Å²) in [7, 11) is 1.59. The van der Waals surface area contributed by atoms with Gasteiger partial charge in [0, 0.05) is 20.2 Å². The Bertz CT molecular complexity index is 249. The third kappa shape index (κ3) is 6.36. The molecule has 5 heteroatoms. The maximum atomic E-state index is 11.7. The molecule has 1 aliphatic heterocycles. The van der Waals surface area contributed by atoms with Crippen molar-refractivity contribution in [2.75, 3.05) is 39.8 Å². The van der Waals surface area contributed by atoms with E-state index in [-0.39, 0.29) is 12.0 Å². The van der Waals surface area contributed by atoms with Crippen molar-refractivity contribution in [2.24, 2.45) is 11.7 Å². The van der Waals surface area contributed by atoms with Crippen LogP contribution in [0.3, 0.4) is 0 Å². The topological polar surface area (TPSA) is 67.6 Å². The summed E-state index contributed by atoms with van der Waals surface area (Å²) in [5.41, 5.74) is 5.49. The van der Waals surface area contributed by atoms with Gasteiger partial charge in [-0.1, -0.05) is 6.92 Å². The van der Waals surface area contributed by atoms with Gasteiger partial charge >= 0.3 is 0 Å². The fourth-order valence-electron chi connectivity index (χ4n) is 2.55. The molecule has 1 atom stereocenters. The number of amides is 1. The van der Waals surface area contributed by atoms with Crippen LogP contribution in [0.15, 0.2) is 0 Å². The summed E-state index contributed by atoms with van der Waals surface area (Å²) < 4.78 is 5.10. The number of nitrogens with zero attached hydrogens (tertiary/aromatic N) is 1. The summed E-state index contributed by atoms with van der Waals surface area (Å²) >= 11 is 0. The minimum absolute atomic E-state index is 0.0447. The van der Waals surface area contributed by atoms with Gasteiger partial charge in [0.15, 0.2) is 0 Å². The first kappa shape index (κ1) is 16.4. The first-order valence-electron chi connectivity index (χ1n) is 7.41. The summed E-state index contributed by atoms with van der Waals surface area (Å²) in [4.78, 5) is 14.1. The molecular formula is C14H29N3O2. The molecule has 0 bridgehead atoms. The van der Waals surface area contributed by atoms with Crippen LogP contribution in [-0.2, 0) is 9.53 Å². The highest BCUT2D eigenvalue weighted by molar-refractivity contribution is 5.76. The number of likely N-dealkylation sites (tertiary alicyclic amines) is 1. The number of hydrogen-bond acceptors (Lipinski definition) is 4. The molecule has 0 aromatic carbocycles. The zero-order chi connectivity index (χ0) is 14.1. The third-order valence-corrected chi connectivity index (χ3v) is 4.04. The molecule has 5 nitrogen and oxygen atoms in total. The molecule has 0 aromatic rings. The molecule has 1 heterocycles. The minimum atomic E-state index is -0.159. The predicted octanol–water partition coefficient (Wildman–Crippen LogP) is 0.588. The zero-order valence-corrected chi connectivity index (χ0v) is 12.4. The molecular weight excluding hydrogens is 242 g/mol. The lowest BCUT2D eigenvalue weighted by Crippen LogP contribution is -2.36. The summed E-state index contributed by atoms with van der Waals surface area (Å²) in [6, 6.07) is 0. The zero-order valence-electron chi connectivity index (χ0n) is 12.4. The van der Waals surface area contributed by atoms with Gasteiger partial charge in [-0.3, -0.25) is 4.79 Å². The van der Waals surface area contributed by atoms with Crippen LogP contribution in [0.4, 0.5) is 0 Å². The van der Waals surface area contributed by atoms with Crippen LogP contribution in [0, 0.1) is 5.92 Å².